The molecule has 136 valence electrons. The van der Waals surface area contributed by atoms with Crippen LogP contribution in [0.15, 0.2) is 12.1 Å². The highest BCUT2D eigenvalue weighted by Gasteiger charge is 2.26. The SMILES string of the molecule is COc1ccc(NC(=O)C2CCOC2)c(N2CCN(C(C)=O)CC2)n1. The second-order valence-corrected chi connectivity index (χ2v) is 6.27. The molecular weight excluding hydrogens is 324 g/mol. The molecule has 2 fully saturated rings. The summed E-state index contributed by atoms with van der Waals surface area (Å²) in [6, 6.07) is 3.54. The summed E-state index contributed by atoms with van der Waals surface area (Å²) < 4.78 is 10.5. The van der Waals surface area contributed by atoms with Gasteiger partial charge in [0.1, 0.15) is 0 Å². The molecule has 1 atom stereocenters. The van der Waals surface area contributed by atoms with Crippen LogP contribution in [0, 0.1) is 5.92 Å². The Balaban J connectivity index is 1.76. The first-order valence-corrected chi connectivity index (χ1v) is 8.52. The summed E-state index contributed by atoms with van der Waals surface area (Å²) in [4.78, 5) is 32.3. The van der Waals surface area contributed by atoms with Crippen LogP contribution in [0.25, 0.3) is 0 Å². The third-order valence-corrected chi connectivity index (χ3v) is 4.64. The van der Waals surface area contributed by atoms with Gasteiger partial charge in [-0.05, 0) is 12.5 Å². The van der Waals surface area contributed by atoms with E-state index in [1.807, 2.05) is 11.0 Å². The van der Waals surface area contributed by atoms with Crippen molar-refractivity contribution >= 4 is 23.3 Å². The number of anilines is 2. The first kappa shape index (κ1) is 17.5. The number of carbonyl (C=O) groups excluding carboxylic acids is 2. The van der Waals surface area contributed by atoms with E-state index in [1.165, 1.54) is 0 Å². The van der Waals surface area contributed by atoms with Gasteiger partial charge in [0.05, 0.1) is 25.3 Å². The predicted molar refractivity (Wildman–Crippen MR) is 92.8 cm³/mol. The summed E-state index contributed by atoms with van der Waals surface area (Å²) in [6.07, 6.45) is 0.738. The molecule has 3 rings (SSSR count). The molecule has 1 N–H and O–H groups in total. The Labute approximate surface area is 147 Å². The maximum atomic E-state index is 12.4. The highest BCUT2D eigenvalue weighted by Crippen LogP contribution is 2.28. The van der Waals surface area contributed by atoms with Crippen LogP contribution >= 0.6 is 0 Å². The van der Waals surface area contributed by atoms with Gasteiger partial charge in [0.25, 0.3) is 0 Å². The number of nitrogens with zero attached hydrogens (tertiary/aromatic N) is 3. The van der Waals surface area contributed by atoms with E-state index in [0.717, 1.165) is 6.42 Å². The van der Waals surface area contributed by atoms with Crippen molar-refractivity contribution in [3.8, 4) is 5.88 Å². The fraction of sp³-hybridized carbons (Fsp3) is 0.588. The summed E-state index contributed by atoms with van der Waals surface area (Å²) in [5.74, 6) is 1.08. The van der Waals surface area contributed by atoms with Gasteiger partial charge in [-0.15, -0.1) is 0 Å². The molecule has 0 spiro atoms. The molecule has 2 saturated heterocycles. The van der Waals surface area contributed by atoms with Crippen molar-refractivity contribution in [2.24, 2.45) is 5.92 Å². The van der Waals surface area contributed by atoms with E-state index in [0.29, 0.717) is 56.8 Å². The van der Waals surface area contributed by atoms with Crippen LogP contribution < -0.4 is 15.0 Å². The van der Waals surface area contributed by atoms with Crippen LogP contribution in [-0.4, -0.2) is 68.2 Å². The van der Waals surface area contributed by atoms with Gasteiger partial charge in [-0.3, -0.25) is 9.59 Å². The molecule has 8 heteroatoms. The monoisotopic (exact) mass is 348 g/mol. The van der Waals surface area contributed by atoms with Gasteiger partial charge in [-0.25, -0.2) is 0 Å². The van der Waals surface area contributed by atoms with Crippen LogP contribution in [0.2, 0.25) is 0 Å². The second kappa shape index (κ2) is 7.69. The smallest absolute Gasteiger partial charge is 0.230 e. The molecule has 0 bridgehead atoms. The van der Waals surface area contributed by atoms with Crippen LogP contribution in [0.4, 0.5) is 11.5 Å². The van der Waals surface area contributed by atoms with Gasteiger partial charge in [-0.2, -0.15) is 4.98 Å². The average Bonchev–Trinajstić information content (AvgIpc) is 3.17. The molecule has 0 aliphatic carbocycles. The third-order valence-electron chi connectivity index (χ3n) is 4.64. The van der Waals surface area contributed by atoms with Crippen LogP contribution in [0.3, 0.4) is 0 Å². The minimum atomic E-state index is -0.121. The van der Waals surface area contributed by atoms with Crippen molar-refractivity contribution in [2.45, 2.75) is 13.3 Å². The lowest BCUT2D eigenvalue weighted by Crippen LogP contribution is -2.48. The zero-order valence-electron chi connectivity index (χ0n) is 14.7. The number of hydrogen-bond acceptors (Lipinski definition) is 6. The van der Waals surface area contributed by atoms with Crippen molar-refractivity contribution in [3.05, 3.63) is 12.1 Å². The first-order valence-electron chi connectivity index (χ1n) is 8.52. The summed E-state index contributed by atoms with van der Waals surface area (Å²) >= 11 is 0. The zero-order chi connectivity index (χ0) is 17.8. The quantitative estimate of drug-likeness (QED) is 0.864. The van der Waals surface area contributed by atoms with E-state index in [4.69, 9.17) is 9.47 Å². The maximum Gasteiger partial charge on any atom is 0.230 e. The fourth-order valence-corrected chi connectivity index (χ4v) is 3.09. The maximum absolute atomic E-state index is 12.4. The van der Waals surface area contributed by atoms with Crippen LogP contribution in [0.5, 0.6) is 5.88 Å². The molecule has 0 saturated carbocycles. The van der Waals surface area contributed by atoms with Gasteiger partial charge in [0.2, 0.25) is 17.7 Å². The minimum Gasteiger partial charge on any atom is -0.481 e. The molecular formula is C17H24N4O4. The number of methoxy groups -OCH3 is 1. The first-order chi connectivity index (χ1) is 12.1. The largest absolute Gasteiger partial charge is 0.481 e. The Bertz CT molecular complexity index is 638. The molecule has 1 unspecified atom stereocenters. The topological polar surface area (TPSA) is 84.0 Å². The highest BCUT2D eigenvalue weighted by atomic mass is 16.5. The van der Waals surface area contributed by atoms with Gasteiger partial charge < -0.3 is 24.6 Å². The summed E-state index contributed by atoms with van der Waals surface area (Å²) in [5.41, 5.74) is 0.661. The predicted octanol–water partition coefficient (Wildman–Crippen LogP) is 0.734. The molecule has 0 radical (unpaired) electrons. The van der Waals surface area contributed by atoms with Crippen molar-refractivity contribution in [1.82, 2.24) is 9.88 Å². The zero-order valence-corrected chi connectivity index (χ0v) is 14.7. The van der Waals surface area contributed by atoms with E-state index in [2.05, 4.69) is 15.2 Å². The fourth-order valence-electron chi connectivity index (χ4n) is 3.09. The van der Waals surface area contributed by atoms with E-state index in [1.54, 1.807) is 20.1 Å². The van der Waals surface area contributed by atoms with Crippen LogP contribution in [-0.2, 0) is 14.3 Å². The summed E-state index contributed by atoms with van der Waals surface area (Å²) in [5, 5.41) is 2.98. The van der Waals surface area contributed by atoms with Crippen LogP contribution in [0.1, 0.15) is 13.3 Å². The Morgan fingerprint density at radius 3 is 2.64 bits per heavy atom. The number of piperazine rings is 1. The van der Waals surface area contributed by atoms with E-state index < -0.39 is 0 Å². The van der Waals surface area contributed by atoms with E-state index in [9.17, 15) is 9.59 Å². The van der Waals surface area contributed by atoms with E-state index in [-0.39, 0.29) is 17.7 Å². The molecule has 8 nitrogen and oxygen atoms in total. The molecule has 25 heavy (non-hydrogen) atoms. The van der Waals surface area contributed by atoms with Gasteiger partial charge in [0, 0.05) is 45.8 Å². The number of amides is 2. The Kier molecular flexibility index (Phi) is 5.37. The number of rotatable bonds is 4. The Morgan fingerprint density at radius 2 is 2.04 bits per heavy atom. The van der Waals surface area contributed by atoms with Crippen molar-refractivity contribution in [1.29, 1.82) is 0 Å². The lowest BCUT2D eigenvalue weighted by molar-refractivity contribution is -0.129. The summed E-state index contributed by atoms with van der Waals surface area (Å²) in [7, 11) is 1.56. The van der Waals surface area contributed by atoms with Gasteiger partial charge in [-0.1, -0.05) is 0 Å². The number of pyridine rings is 1. The molecule has 3 heterocycles. The van der Waals surface area contributed by atoms with Crippen molar-refractivity contribution < 1.29 is 19.1 Å². The van der Waals surface area contributed by atoms with E-state index >= 15 is 0 Å². The van der Waals surface area contributed by atoms with Crippen molar-refractivity contribution in [2.75, 3.05) is 56.7 Å². The number of aromatic nitrogens is 1. The lowest BCUT2D eigenvalue weighted by atomic mass is 10.1. The minimum absolute atomic E-state index is 0.0481. The van der Waals surface area contributed by atoms with Crippen molar-refractivity contribution in [3.63, 3.8) is 0 Å². The third kappa shape index (κ3) is 4.01. The lowest BCUT2D eigenvalue weighted by Gasteiger charge is -2.35. The number of carbonyl (C=O) groups is 2. The molecule has 2 aliphatic rings. The molecule has 0 aromatic carbocycles. The molecule has 2 aliphatic heterocycles. The summed E-state index contributed by atoms with van der Waals surface area (Å²) in [6.45, 7) is 5.26. The normalized spacial score (nSPS) is 20.5. The second-order valence-electron chi connectivity index (χ2n) is 6.27. The van der Waals surface area contributed by atoms with Gasteiger partial charge >= 0.3 is 0 Å². The van der Waals surface area contributed by atoms with Gasteiger partial charge in [0.15, 0.2) is 5.82 Å². The number of hydrogen-bond donors (Lipinski definition) is 1. The number of nitrogens with one attached hydrogen (secondary N) is 1. The highest BCUT2D eigenvalue weighted by molar-refractivity contribution is 5.95. The Hall–Kier alpha value is -2.35. The molecule has 1 aromatic heterocycles. The molecule has 2 amide bonds. The Morgan fingerprint density at radius 1 is 1.28 bits per heavy atom. The molecule has 1 aromatic rings. The number of ether oxygens (including phenoxy) is 2. The average molecular weight is 348 g/mol. The standard InChI is InChI=1S/C17H24N4O4/c1-12(22)20-6-8-21(9-7-20)16-14(3-4-15(19-16)24-2)18-17(23)13-5-10-25-11-13/h3-4,13H,5-11H2,1-2H3,(H,18,23).